The van der Waals surface area contributed by atoms with Crippen LogP contribution in [-0.2, 0) is 6.18 Å². The van der Waals surface area contributed by atoms with Crippen molar-refractivity contribution in [1.82, 2.24) is 9.97 Å². The van der Waals surface area contributed by atoms with Crippen LogP contribution in [-0.4, -0.2) is 54.0 Å². The fourth-order valence-electron chi connectivity index (χ4n) is 2.13. The molecule has 5 nitrogen and oxygen atoms in total. The Morgan fingerprint density at radius 2 is 1.78 bits per heavy atom. The maximum Gasteiger partial charge on any atom is 0.433 e. The van der Waals surface area contributed by atoms with Crippen LogP contribution in [0.15, 0.2) is 6.07 Å². The van der Waals surface area contributed by atoms with Gasteiger partial charge in [0, 0.05) is 33.1 Å². The molecule has 0 aromatic carbocycles. The number of anilines is 2. The van der Waals surface area contributed by atoms with Crippen LogP contribution in [0.4, 0.5) is 38.1 Å². The lowest BCUT2D eigenvalue weighted by Crippen LogP contribution is -2.47. The maximum absolute atomic E-state index is 12.9. The van der Waals surface area contributed by atoms with Crippen molar-refractivity contribution in [2.45, 2.75) is 24.4 Å². The highest BCUT2D eigenvalue weighted by Gasteiger charge is 2.57. The highest BCUT2D eigenvalue weighted by atomic mass is 19.4. The van der Waals surface area contributed by atoms with Gasteiger partial charge in [-0.1, -0.05) is 0 Å². The van der Waals surface area contributed by atoms with Gasteiger partial charge in [0.25, 0.3) is 0 Å². The molecular weight excluding hydrogens is 330 g/mol. The molecule has 1 fully saturated rings. The number of rotatable bonds is 2. The van der Waals surface area contributed by atoms with Gasteiger partial charge >= 0.3 is 12.4 Å². The summed E-state index contributed by atoms with van der Waals surface area (Å²) in [5.41, 5.74) is -4.24. The van der Waals surface area contributed by atoms with E-state index in [1.54, 1.807) is 0 Å². The predicted octanol–water partition coefficient (Wildman–Crippen LogP) is 2.06. The Balaban J connectivity index is 2.39. The molecule has 1 aliphatic rings. The van der Waals surface area contributed by atoms with Crippen molar-refractivity contribution in [3.8, 4) is 0 Å². The molecule has 130 valence electrons. The number of hydrogen-bond acceptors (Lipinski definition) is 5. The molecule has 0 aliphatic carbocycles. The molecule has 0 unspecified atom stereocenters. The van der Waals surface area contributed by atoms with E-state index in [1.807, 2.05) is 0 Å². The Morgan fingerprint density at radius 1 is 1.17 bits per heavy atom. The first-order chi connectivity index (χ1) is 10.3. The molecule has 0 bridgehead atoms. The zero-order valence-electron chi connectivity index (χ0n) is 12.2. The zero-order valence-corrected chi connectivity index (χ0v) is 12.2. The van der Waals surface area contributed by atoms with Crippen LogP contribution in [0.5, 0.6) is 0 Å². The lowest BCUT2D eigenvalue weighted by molar-refractivity contribution is -0.250. The van der Waals surface area contributed by atoms with E-state index in [2.05, 4.69) is 9.97 Å². The Bertz CT molecular complexity index is 588. The molecule has 23 heavy (non-hydrogen) atoms. The van der Waals surface area contributed by atoms with Gasteiger partial charge in [-0.15, -0.1) is 0 Å². The van der Waals surface area contributed by atoms with Gasteiger partial charge in [-0.2, -0.15) is 31.3 Å². The van der Waals surface area contributed by atoms with Crippen LogP contribution in [0, 0.1) is 0 Å². The van der Waals surface area contributed by atoms with E-state index in [1.165, 1.54) is 19.0 Å². The van der Waals surface area contributed by atoms with E-state index in [4.69, 9.17) is 0 Å². The van der Waals surface area contributed by atoms with E-state index in [0.717, 1.165) is 4.90 Å². The van der Waals surface area contributed by atoms with Gasteiger partial charge in [-0.3, -0.25) is 0 Å². The largest absolute Gasteiger partial charge is 0.433 e. The molecule has 2 heterocycles. The van der Waals surface area contributed by atoms with E-state index in [9.17, 15) is 31.4 Å². The Hall–Kier alpha value is -1.78. The second-order valence-electron chi connectivity index (χ2n) is 5.50. The monoisotopic (exact) mass is 344 g/mol. The summed E-state index contributed by atoms with van der Waals surface area (Å²) in [6.45, 7) is -1.21. The van der Waals surface area contributed by atoms with Gasteiger partial charge in [0.05, 0.1) is 6.54 Å². The van der Waals surface area contributed by atoms with Crippen LogP contribution in [0.1, 0.15) is 12.1 Å². The molecule has 1 N–H and O–H groups in total. The Morgan fingerprint density at radius 3 is 2.22 bits per heavy atom. The van der Waals surface area contributed by atoms with E-state index in [0.29, 0.717) is 6.07 Å². The molecular formula is C12H14F6N4O. The van der Waals surface area contributed by atoms with Gasteiger partial charge in [0.1, 0.15) is 5.82 Å². The first-order valence-corrected chi connectivity index (χ1v) is 6.51. The number of hydrogen-bond donors (Lipinski definition) is 1. The summed E-state index contributed by atoms with van der Waals surface area (Å²) in [4.78, 5) is 9.32. The molecule has 1 saturated heterocycles. The SMILES string of the molecule is CN(C)c1cc(C(F)(F)F)nc(N2CC[C@@](O)(C(F)(F)F)C2)n1. The molecule has 1 aromatic heterocycles. The zero-order chi connectivity index (χ0) is 17.6. The quantitative estimate of drug-likeness (QED) is 0.833. The first-order valence-electron chi connectivity index (χ1n) is 6.51. The molecule has 0 spiro atoms. The number of aliphatic hydroxyl groups is 1. The minimum absolute atomic E-state index is 0.0928. The Kier molecular flexibility index (Phi) is 4.12. The van der Waals surface area contributed by atoms with E-state index < -0.39 is 42.6 Å². The first kappa shape index (κ1) is 17.6. The number of β-amino-alcohol motifs (C(OH)–C–C–N with tert-alkyl or cyclic N) is 1. The normalized spacial score (nSPS) is 22.6. The number of halogens is 6. The fourth-order valence-corrected chi connectivity index (χ4v) is 2.13. The maximum atomic E-state index is 12.9. The molecule has 0 amide bonds. The fraction of sp³-hybridized carbons (Fsp3) is 0.667. The lowest BCUT2D eigenvalue weighted by Gasteiger charge is -2.26. The van der Waals surface area contributed by atoms with Crippen LogP contribution in [0.25, 0.3) is 0 Å². The summed E-state index contributed by atoms with van der Waals surface area (Å²) in [5, 5.41) is 9.61. The van der Waals surface area contributed by atoms with Gasteiger partial charge in [0.2, 0.25) is 5.95 Å². The number of alkyl halides is 6. The topological polar surface area (TPSA) is 52.5 Å². The minimum Gasteiger partial charge on any atom is -0.379 e. The number of nitrogens with zero attached hydrogens (tertiary/aromatic N) is 4. The van der Waals surface area contributed by atoms with Crippen molar-refractivity contribution in [2.75, 3.05) is 37.0 Å². The summed E-state index contributed by atoms with van der Waals surface area (Å²) in [5.74, 6) is -0.589. The van der Waals surface area contributed by atoms with Gasteiger partial charge in [-0.05, 0) is 0 Å². The molecule has 1 atom stereocenters. The van der Waals surface area contributed by atoms with Crippen LogP contribution in [0.3, 0.4) is 0 Å². The van der Waals surface area contributed by atoms with Crippen LogP contribution < -0.4 is 9.80 Å². The Labute approximate surface area is 127 Å². The van der Waals surface area contributed by atoms with E-state index in [-0.39, 0.29) is 12.4 Å². The van der Waals surface area contributed by atoms with Crippen LogP contribution >= 0.6 is 0 Å². The molecule has 1 aliphatic heterocycles. The van der Waals surface area contributed by atoms with Gasteiger partial charge in [0.15, 0.2) is 11.3 Å². The second kappa shape index (κ2) is 5.39. The average Bonchev–Trinajstić information content (AvgIpc) is 2.81. The highest BCUT2D eigenvalue weighted by molar-refractivity contribution is 5.46. The number of aromatic nitrogens is 2. The van der Waals surface area contributed by atoms with Crippen molar-refractivity contribution in [2.24, 2.45) is 0 Å². The summed E-state index contributed by atoms with van der Waals surface area (Å²) < 4.78 is 77.1. The second-order valence-corrected chi connectivity index (χ2v) is 5.50. The summed E-state index contributed by atoms with van der Waals surface area (Å²) in [6, 6.07) is 0.704. The summed E-state index contributed by atoms with van der Waals surface area (Å²) in [6.07, 6.45) is -10.3. The van der Waals surface area contributed by atoms with Crippen molar-refractivity contribution >= 4 is 11.8 Å². The standard InChI is InChI=1S/C12H14F6N4O/c1-21(2)8-5-7(11(13,14)15)19-9(20-8)22-4-3-10(23,6-22)12(16,17)18/h5,23H,3-4,6H2,1-2H3/t10-/m0/s1. The minimum atomic E-state index is -4.88. The lowest BCUT2D eigenvalue weighted by atomic mass is 10.0. The summed E-state index contributed by atoms with van der Waals surface area (Å²) in [7, 11) is 2.89. The highest BCUT2D eigenvalue weighted by Crippen LogP contribution is 2.39. The molecule has 0 saturated carbocycles. The van der Waals surface area contributed by atoms with Gasteiger partial charge in [-0.25, -0.2) is 4.98 Å². The average molecular weight is 344 g/mol. The third kappa shape index (κ3) is 3.43. The third-order valence-corrected chi connectivity index (χ3v) is 3.51. The van der Waals surface area contributed by atoms with Gasteiger partial charge < -0.3 is 14.9 Å². The van der Waals surface area contributed by atoms with Crippen molar-refractivity contribution in [3.63, 3.8) is 0 Å². The van der Waals surface area contributed by atoms with Crippen LogP contribution in [0.2, 0.25) is 0 Å². The molecule has 1 aromatic rings. The van der Waals surface area contributed by atoms with Crippen molar-refractivity contribution in [1.29, 1.82) is 0 Å². The summed E-state index contributed by atoms with van der Waals surface area (Å²) >= 11 is 0. The van der Waals surface area contributed by atoms with Crippen molar-refractivity contribution in [3.05, 3.63) is 11.8 Å². The predicted molar refractivity (Wildman–Crippen MR) is 69.2 cm³/mol. The molecule has 11 heteroatoms. The smallest absolute Gasteiger partial charge is 0.379 e. The van der Waals surface area contributed by atoms with E-state index >= 15 is 0 Å². The molecule has 2 rings (SSSR count). The third-order valence-electron chi connectivity index (χ3n) is 3.51. The molecule has 0 radical (unpaired) electrons. The van der Waals surface area contributed by atoms with Crippen molar-refractivity contribution < 1.29 is 31.4 Å².